The molecule has 5 rings (SSSR count). The SMILES string of the molecule is O=C(Nc1cc(C(=O)N2CCCNCC2)ccc1N1CCN(C(=O)c2cccc(Cl)c2)CC1)c1ccc([N+](=O)[O-])cc1. The number of anilines is 2. The van der Waals surface area contributed by atoms with Crippen molar-refractivity contribution in [3.8, 4) is 0 Å². The predicted octanol–water partition coefficient (Wildman–Crippen LogP) is 3.90. The molecule has 3 aromatic carbocycles. The summed E-state index contributed by atoms with van der Waals surface area (Å²) >= 11 is 6.07. The van der Waals surface area contributed by atoms with E-state index in [2.05, 4.69) is 15.5 Å². The molecule has 11 nitrogen and oxygen atoms in total. The number of nitrogens with one attached hydrogen (secondary N) is 2. The number of hydrogen-bond acceptors (Lipinski definition) is 7. The molecule has 2 heterocycles. The number of piperazine rings is 1. The van der Waals surface area contributed by atoms with Gasteiger partial charge in [0.05, 0.1) is 16.3 Å². The summed E-state index contributed by atoms with van der Waals surface area (Å²) in [6.45, 7) is 4.74. The van der Waals surface area contributed by atoms with E-state index in [9.17, 15) is 24.5 Å². The molecular weight excluding hydrogens is 560 g/mol. The number of nitro benzene ring substituents is 1. The molecule has 0 radical (unpaired) electrons. The average Bonchev–Trinajstić information content (AvgIpc) is 3.30. The molecule has 0 saturated carbocycles. The molecule has 0 aliphatic carbocycles. The van der Waals surface area contributed by atoms with Crippen molar-refractivity contribution in [1.29, 1.82) is 0 Å². The Balaban J connectivity index is 1.37. The van der Waals surface area contributed by atoms with Gasteiger partial charge in [0.1, 0.15) is 0 Å². The van der Waals surface area contributed by atoms with E-state index in [-0.39, 0.29) is 23.1 Å². The van der Waals surface area contributed by atoms with E-state index >= 15 is 0 Å². The number of hydrogen-bond donors (Lipinski definition) is 2. The van der Waals surface area contributed by atoms with Crippen molar-refractivity contribution in [2.24, 2.45) is 0 Å². The van der Waals surface area contributed by atoms with Gasteiger partial charge in [-0.3, -0.25) is 24.5 Å². The molecule has 2 saturated heterocycles. The Hall–Kier alpha value is -4.48. The molecule has 2 aliphatic heterocycles. The molecule has 3 amide bonds. The van der Waals surface area contributed by atoms with E-state index in [1.165, 1.54) is 24.3 Å². The van der Waals surface area contributed by atoms with Crippen molar-refractivity contribution >= 4 is 46.4 Å². The van der Waals surface area contributed by atoms with Crippen LogP contribution in [0.5, 0.6) is 0 Å². The Bertz CT molecular complexity index is 1480. The van der Waals surface area contributed by atoms with Crippen molar-refractivity contribution in [3.63, 3.8) is 0 Å². The molecule has 42 heavy (non-hydrogen) atoms. The van der Waals surface area contributed by atoms with Crippen molar-refractivity contribution in [1.82, 2.24) is 15.1 Å². The van der Waals surface area contributed by atoms with Crippen LogP contribution in [0.15, 0.2) is 66.7 Å². The van der Waals surface area contributed by atoms with Crippen LogP contribution in [0.2, 0.25) is 5.02 Å². The van der Waals surface area contributed by atoms with E-state index in [1.54, 1.807) is 46.2 Å². The van der Waals surface area contributed by atoms with Crippen molar-refractivity contribution in [2.45, 2.75) is 6.42 Å². The monoisotopic (exact) mass is 590 g/mol. The highest BCUT2D eigenvalue weighted by Crippen LogP contribution is 2.30. The van der Waals surface area contributed by atoms with Gasteiger partial charge >= 0.3 is 0 Å². The summed E-state index contributed by atoms with van der Waals surface area (Å²) in [5, 5.41) is 17.7. The second-order valence-electron chi connectivity index (χ2n) is 10.2. The Morgan fingerprint density at radius 1 is 0.786 bits per heavy atom. The van der Waals surface area contributed by atoms with Crippen LogP contribution in [0.4, 0.5) is 17.1 Å². The summed E-state index contributed by atoms with van der Waals surface area (Å²) < 4.78 is 0. The Morgan fingerprint density at radius 2 is 1.45 bits per heavy atom. The van der Waals surface area contributed by atoms with E-state index in [4.69, 9.17) is 11.6 Å². The van der Waals surface area contributed by atoms with Crippen LogP contribution in [0.1, 0.15) is 37.5 Å². The van der Waals surface area contributed by atoms with Crippen LogP contribution in [0, 0.1) is 10.1 Å². The summed E-state index contributed by atoms with van der Waals surface area (Å²) in [5.41, 5.74) is 2.28. The zero-order valence-electron chi connectivity index (χ0n) is 22.9. The molecular formula is C30H31ClN6O5. The van der Waals surface area contributed by atoms with Gasteiger partial charge in [0.15, 0.2) is 0 Å². The minimum atomic E-state index is -0.524. The molecule has 2 N–H and O–H groups in total. The topological polar surface area (TPSA) is 128 Å². The van der Waals surface area contributed by atoms with Gasteiger partial charge in [-0.05, 0) is 61.5 Å². The van der Waals surface area contributed by atoms with Crippen molar-refractivity contribution in [2.75, 3.05) is 62.6 Å². The fraction of sp³-hybridized carbons (Fsp3) is 0.300. The minimum absolute atomic E-state index is 0.100. The maximum atomic E-state index is 13.4. The molecule has 0 spiro atoms. The molecule has 0 atom stereocenters. The highest BCUT2D eigenvalue weighted by molar-refractivity contribution is 6.31. The quantitative estimate of drug-likeness (QED) is 0.329. The maximum absolute atomic E-state index is 13.4. The van der Waals surface area contributed by atoms with Crippen molar-refractivity contribution < 1.29 is 19.3 Å². The first-order valence-corrected chi connectivity index (χ1v) is 14.2. The molecule has 218 valence electrons. The largest absolute Gasteiger partial charge is 0.366 e. The first-order valence-electron chi connectivity index (χ1n) is 13.8. The highest BCUT2D eigenvalue weighted by atomic mass is 35.5. The molecule has 12 heteroatoms. The summed E-state index contributed by atoms with van der Waals surface area (Å²) in [6, 6.07) is 17.5. The summed E-state index contributed by atoms with van der Waals surface area (Å²) in [7, 11) is 0. The Kier molecular flexibility index (Phi) is 8.99. The fourth-order valence-electron chi connectivity index (χ4n) is 5.16. The number of carbonyl (C=O) groups excluding carboxylic acids is 3. The second-order valence-corrected chi connectivity index (χ2v) is 10.6. The van der Waals surface area contributed by atoms with Crippen LogP contribution >= 0.6 is 11.6 Å². The number of nitrogens with zero attached hydrogens (tertiary/aromatic N) is 4. The zero-order valence-corrected chi connectivity index (χ0v) is 23.7. The van der Waals surface area contributed by atoms with Gasteiger partial charge in [0.25, 0.3) is 23.4 Å². The van der Waals surface area contributed by atoms with Gasteiger partial charge in [0, 0.05) is 79.7 Å². The molecule has 0 unspecified atom stereocenters. The number of benzene rings is 3. The number of carbonyl (C=O) groups is 3. The average molecular weight is 591 g/mol. The van der Waals surface area contributed by atoms with Crippen LogP contribution in [0.25, 0.3) is 0 Å². The van der Waals surface area contributed by atoms with Crippen molar-refractivity contribution in [3.05, 3.63) is 98.6 Å². The first kappa shape index (κ1) is 29.0. The zero-order chi connectivity index (χ0) is 29.6. The Labute approximate surface area is 248 Å². The summed E-state index contributed by atoms with van der Waals surface area (Å²) in [5.74, 6) is -0.672. The van der Waals surface area contributed by atoms with Crippen LogP contribution in [-0.4, -0.2) is 84.8 Å². The third kappa shape index (κ3) is 6.69. The third-order valence-electron chi connectivity index (χ3n) is 7.44. The fourth-order valence-corrected chi connectivity index (χ4v) is 5.35. The lowest BCUT2D eigenvalue weighted by Gasteiger charge is -2.37. The second kappa shape index (κ2) is 13.0. The van der Waals surface area contributed by atoms with E-state index < -0.39 is 10.8 Å². The van der Waals surface area contributed by atoms with Crippen LogP contribution in [-0.2, 0) is 0 Å². The number of halogens is 1. The lowest BCUT2D eigenvalue weighted by atomic mass is 10.1. The van der Waals surface area contributed by atoms with Gasteiger partial charge in [-0.1, -0.05) is 17.7 Å². The van der Waals surface area contributed by atoms with Crippen LogP contribution in [0.3, 0.4) is 0 Å². The normalized spacial score (nSPS) is 15.6. The lowest BCUT2D eigenvalue weighted by molar-refractivity contribution is -0.384. The number of amides is 3. The maximum Gasteiger partial charge on any atom is 0.269 e. The highest BCUT2D eigenvalue weighted by Gasteiger charge is 2.26. The van der Waals surface area contributed by atoms with Gasteiger partial charge in [-0.2, -0.15) is 0 Å². The number of non-ortho nitro benzene ring substituents is 1. The van der Waals surface area contributed by atoms with Gasteiger partial charge in [0.2, 0.25) is 0 Å². The van der Waals surface area contributed by atoms with Gasteiger partial charge < -0.3 is 25.3 Å². The van der Waals surface area contributed by atoms with Gasteiger partial charge in [-0.25, -0.2) is 0 Å². The van der Waals surface area contributed by atoms with E-state index in [1.807, 2.05) is 6.07 Å². The summed E-state index contributed by atoms with van der Waals surface area (Å²) in [6.07, 6.45) is 0.853. The smallest absolute Gasteiger partial charge is 0.269 e. The van der Waals surface area contributed by atoms with E-state index in [0.29, 0.717) is 73.3 Å². The first-order chi connectivity index (χ1) is 20.3. The third-order valence-corrected chi connectivity index (χ3v) is 7.67. The van der Waals surface area contributed by atoms with E-state index in [0.717, 1.165) is 13.0 Å². The lowest BCUT2D eigenvalue weighted by Crippen LogP contribution is -2.49. The molecule has 0 aromatic heterocycles. The number of nitro groups is 1. The minimum Gasteiger partial charge on any atom is -0.366 e. The molecule has 2 aliphatic rings. The summed E-state index contributed by atoms with van der Waals surface area (Å²) in [4.78, 5) is 55.8. The predicted molar refractivity (Wildman–Crippen MR) is 160 cm³/mol. The Morgan fingerprint density at radius 3 is 2.14 bits per heavy atom. The number of rotatable bonds is 6. The molecule has 0 bridgehead atoms. The molecule has 3 aromatic rings. The molecule has 2 fully saturated rings. The van der Waals surface area contributed by atoms with Crippen LogP contribution < -0.4 is 15.5 Å². The van der Waals surface area contributed by atoms with Gasteiger partial charge in [-0.15, -0.1) is 0 Å². The standard InChI is InChI=1S/C30H31ClN6O5/c31-24-4-1-3-22(19-24)29(39)36-17-15-34(16-18-36)27-10-7-23(30(40)35-13-2-11-32-12-14-35)20-26(27)33-28(38)21-5-8-25(9-6-21)37(41)42/h1,3-10,19-20,32H,2,11-18H2,(H,33,38).